The zero-order valence-electron chi connectivity index (χ0n) is 9.63. The van der Waals surface area contributed by atoms with Crippen LogP contribution in [0.1, 0.15) is 24.7 Å². The molecule has 4 heteroatoms. The van der Waals surface area contributed by atoms with Crippen LogP contribution in [0.3, 0.4) is 0 Å². The number of hydrogen-bond donors (Lipinski definition) is 0. The first-order valence-electron chi connectivity index (χ1n) is 5.30. The summed E-state index contributed by atoms with van der Waals surface area (Å²) in [6.45, 7) is 7.93. The number of hydrogen-bond acceptors (Lipinski definition) is 3. The van der Waals surface area contributed by atoms with Crippen LogP contribution in [0.25, 0.3) is 0 Å². The molecule has 1 heterocycles. The highest BCUT2D eigenvalue weighted by molar-refractivity contribution is 6.17. The molecule has 1 aromatic heterocycles. The van der Waals surface area contributed by atoms with Gasteiger partial charge in [0.15, 0.2) is 0 Å². The summed E-state index contributed by atoms with van der Waals surface area (Å²) in [6.07, 6.45) is 0.964. The molecular formula is C11H18ClN3. The minimum absolute atomic E-state index is 0.682. The second kappa shape index (κ2) is 5.91. The van der Waals surface area contributed by atoms with E-state index >= 15 is 0 Å². The van der Waals surface area contributed by atoms with Gasteiger partial charge in [0.05, 0.1) is 0 Å². The molecular weight excluding hydrogens is 210 g/mol. The first kappa shape index (κ1) is 12.2. The molecule has 84 valence electrons. The fourth-order valence-electron chi connectivity index (χ4n) is 1.50. The molecule has 0 amide bonds. The van der Waals surface area contributed by atoms with E-state index in [4.69, 9.17) is 11.6 Å². The normalized spacial score (nSPS) is 10.4. The molecule has 0 spiro atoms. The fourth-order valence-corrected chi connectivity index (χ4v) is 1.62. The minimum Gasteiger partial charge on any atom is -0.341 e. The fraction of sp³-hybridized carbons (Fsp3) is 0.636. The lowest BCUT2D eigenvalue weighted by Crippen LogP contribution is -2.26. The average Bonchev–Trinajstić information content (AvgIpc) is 2.17. The van der Waals surface area contributed by atoms with Crippen LogP contribution >= 0.6 is 11.6 Å². The zero-order valence-corrected chi connectivity index (χ0v) is 10.4. The molecule has 0 saturated carbocycles. The Morgan fingerprint density at radius 2 is 1.87 bits per heavy atom. The Kier molecular flexibility index (Phi) is 4.82. The van der Waals surface area contributed by atoms with Gasteiger partial charge in [-0.15, -0.1) is 11.6 Å². The van der Waals surface area contributed by atoms with Gasteiger partial charge < -0.3 is 4.90 Å². The van der Waals surface area contributed by atoms with E-state index in [-0.39, 0.29) is 0 Å². The first-order valence-corrected chi connectivity index (χ1v) is 5.84. The van der Waals surface area contributed by atoms with Crippen LogP contribution in [-0.4, -0.2) is 28.9 Å². The predicted octanol–water partition coefficient (Wildman–Crippen LogP) is 2.55. The van der Waals surface area contributed by atoms with E-state index < -0.39 is 0 Å². The van der Waals surface area contributed by atoms with Gasteiger partial charge in [-0.3, -0.25) is 0 Å². The summed E-state index contributed by atoms with van der Waals surface area (Å²) in [7, 11) is 0. The first-order chi connectivity index (χ1) is 7.17. The van der Waals surface area contributed by atoms with Crippen molar-refractivity contribution in [1.82, 2.24) is 9.97 Å². The van der Waals surface area contributed by atoms with Gasteiger partial charge >= 0.3 is 0 Å². The SMILES string of the molecule is CCN(CCCCl)c1nc(C)cc(C)n1. The van der Waals surface area contributed by atoms with Gasteiger partial charge in [-0.1, -0.05) is 0 Å². The van der Waals surface area contributed by atoms with Crippen LogP contribution in [0.4, 0.5) is 5.95 Å². The summed E-state index contributed by atoms with van der Waals surface area (Å²) in [6, 6.07) is 1.99. The largest absolute Gasteiger partial charge is 0.341 e. The Labute approximate surface area is 96.5 Å². The van der Waals surface area contributed by atoms with Crippen LogP contribution in [0.2, 0.25) is 0 Å². The number of aromatic nitrogens is 2. The topological polar surface area (TPSA) is 29.0 Å². The summed E-state index contributed by atoms with van der Waals surface area (Å²) in [4.78, 5) is 11.0. The van der Waals surface area contributed by atoms with E-state index in [0.29, 0.717) is 5.88 Å². The molecule has 0 aliphatic heterocycles. The van der Waals surface area contributed by atoms with Crippen LogP contribution in [0.15, 0.2) is 6.07 Å². The van der Waals surface area contributed by atoms with E-state index in [1.54, 1.807) is 0 Å². The van der Waals surface area contributed by atoms with Crippen LogP contribution in [0.5, 0.6) is 0 Å². The number of halogens is 1. The molecule has 1 rings (SSSR count). The van der Waals surface area contributed by atoms with Crippen LogP contribution in [0, 0.1) is 13.8 Å². The van der Waals surface area contributed by atoms with Crippen molar-refractivity contribution in [2.75, 3.05) is 23.9 Å². The Hall–Kier alpha value is -0.830. The lowest BCUT2D eigenvalue weighted by atomic mass is 10.3. The quantitative estimate of drug-likeness (QED) is 0.724. The van der Waals surface area contributed by atoms with Gasteiger partial charge in [-0.2, -0.15) is 0 Å². The number of alkyl halides is 1. The Balaban J connectivity index is 2.81. The maximum atomic E-state index is 5.69. The lowest BCUT2D eigenvalue weighted by Gasteiger charge is -2.20. The van der Waals surface area contributed by atoms with Gasteiger partial charge in [-0.25, -0.2) is 9.97 Å². The maximum absolute atomic E-state index is 5.69. The molecule has 15 heavy (non-hydrogen) atoms. The Morgan fingerprint density at radius 3 is 2.33 bits per heavy atom. The molecule has 1 aromatic rings. The lowest BCUT2D eigenvalue weighted by molar-refractivity contribution is 0.759. The molecule has 0 fully saturated rings. The van der Waals surface area contributed by atoms with Gasteiger partial charge in [0.2, 0.25) is 5.95 Å². The second-order valence-corrected chi connectivity index (χ2v) is 3.95. The van der Waals surface area contributed by atoms with Crippen molar-refractivity contribution in [3.8, 4) is 0 Å². The van der Waals surface area contributed by atoms with Crippen molar-refractivity contribution < 1.29 is 0 Å². The zero-order chi connectivity index (χ0) is 11.3. The molecule has 0 aliphatic rings. The van der Waals surface area contributed by atoms with Crippen molar-refractivity contribution in [2.45, 2.75) is 27.2 Å². The number of anilines is 1. The monoisotopic (exact) mass is 227 g/mol. The van der Waals surface area contributed by atoms with Crippen molar-refractivity contribution in [2.24, 2.45) is 0 Å². The molecule has 0 N–H and O–H groups in total. The molecule has 0 saturated heterocycles. The molecule has 0 unspecified atom stereocenters. The Morgan fingerprint density at radius 1 is 1.27 bits per heavy atom. The summed E-state index contributed by atoms with van der Waals surface area (Å²) < 4.78 is 0. The van der Waals surface area contributed by atoms with Crippen molar-refractivity contribution in [3.63, 3.8) is 0 Å². The van der Waals surface area contributed by atoms with Gasteiger partial charge in [0.1, 0.15) is 0 Å². The minimum atomic E-state index is 0.682. The van der Waals surface area contributed by atoms with Gasteiger partial charge in [0, 0.05) is 30.4 Å². The highest BCUT2D eigenvalue weighted by atomic mass is 35.5. The van der Waals surface area contributed by atoms with Crippen molar-refractivity contribution in [1.29, 1.82) is 0 Å². The third-order valence-electron chi connectivity index (χ3n) is 2.20. The molecule has 0 atom stereocenters. The van der Waals surface area contributed by atoms with E-state index in [1.807, 2.05) is 19.9 Å². The van der Waals surface area contributed by atoms with Crippen LogP contribution in [-0.2, 0) is 0 Å². The second-order valence-electron chi connectivity index (χ2n) is 3.57. The molecule has 3 nitrogen and oxygen atoms in total. The van der Waals surface area contributed by atoms with E-state index in [0.717, 1.165) is 36.8 Å². The third kappa shape index (κ3) is 3.67. The van der Waals surface area contributed by atoms with Crippen molar-refractivity contribution in [3.05, 3.63) is 17.5 Å². The van der Waals surface area contributed by atoms with E-state index in [9.17, 15) is 0 Å². The summed E-state index contributed by atoms with van der Waals surface area (Å²) >= 11 is 5.69. The number of rotatable bonds is 5. The molecule has 0 bridgehead atoms. The maximum Gasteiger partial charge on any atom is 0.225 e. The smallest absolute Gasteiger partial charge is 0.225 e. The summed E-state index contributed by atoms with van der Waals surface area (Å²) in [5.41, 5.74) is 2.03. The molecule has 0 aliphatic carbocycles. The van der Waals surface area contributed by atoms with Gasteiger partial charge in [0.25, 0.3) is 0 Å². The van der Waals surface area contributed by atoms with Crippen molar-refractivity contribution >= 4 is 17.5 Å². The Bertz CT molecular complexity index is 294. The summed E-state index contributed by atoms with van der Waals surface area (Å²) in [5, 5.41) is 0. The third-order valence-corrected chi connectivity index (χ3v) is 2.46. The number of aryl methyl sites for hydroxylation is 2. The highest BCUT2D eigenvalue weighted by Gasteiger charge is 2.07. The molecule has 0 aromatic carbocycles. The standard InChI is InChI=1S/C11H18ClN3/c1-4-15(7-5-6-12)11-13-9(2)8-10(3)14-11/h8H,4-7H2,1-3H3. The number of nitrogens with zero attached hydrogens (tertiary/aromatic N) is 3. The highest BCUT2D eigenvalue weighted by Crippen LogP contribution is 2.10. The summed E-state index contributed by atoms with van der Waals surface area (Å²) in [5.74, 6) is 1.50. The van der Waals surface area contributed by atoms with E-state index in [2.05, 4.69) is 21.8 Å². The van der Waals surface area contributed by atoms with Gasteiger partial charge in [-0.05, 0) is 33.3 Å². The molecule has 0 radical (unpaired) electrons. The van der Waals surface area contributed by atoms with Crippen LogP contribution < -0.4 is 4.90 Å². The van der Waals surface area contributed by atoms with E-state index in [1.165, 1.54) is 0 Å². The predicted molar refractivity (Wildman–Crippen MR) is 64.7 cm³/mol. The average molecular weight is 228 g/mol.